The normalized spacial score (nSPS) is 14.9. The Balaban J connectivity index is 2.48. The highest BCUT2D eigenvalue weighted by atomic mass is 32.1. The van der Waals surface area contributed by atoms with E-state index in [0.29, 0.717) is 30.8 Å². The summed E-state index contributed by atoms with van der Waals surface area (Å²) in [6, 6.07) is 6.64. The van der Waals surface area contributed by atoms with Gasteiger partial charge >= 0.3 is 18.0 Å². The van der Waals surface area contributed by atoms with E-state index in [0.717, 1.165) is 16.9 Å². The molecule has 0 bridgehead atoms. The summed E-state index contributed by atoms with van der Waals surface area (Å²) in [5.41, 5.74) is -0.853. The number of esters is 1. The van der Waals surface area contributed by atoms with Crippen LogP contribution in [0.15, 0.2) is 35.7 Å². The maximum Gasteiger partial charge on any atom is 0.410 e. The number of nitrogens with zero attached hydrogens (tertiary/aromatic N) is 3. The Morgan fingerprint density at radius 3 is 2.03 bits per heavy atom. The molecule has 6 atom stereocenters. The molecule has 3 N–H and O–H groups in total. The minimum Gasteiger partial charge on any atom is -0.481 e. The molecule has 15 heteroatoms. The molecule has 2 aromatic rings. The first-order chi connectivity index (χ1) is 27.8. The smallest absolute Gasteiger partial charge is 0.410 e. The van der Waals surface area contributed by atoms with Crippen molar-refractivity contribution in [1.82, 2.24) is 25.4 Å². The van der Waals surface area contributed by atoms with E-state index in [-0.39, 0.29) is 42.2 Å². The van der Waals surface area contributed by atoms with E-state index in [9.17, 15) is 33.9 Å². The molecule has 0 radical (unpaired) electrons. The van der Waals surface area contributed by atoms with Crippen molar-refractivity contribution in [2.45, 2.75) is 158 Å². The number of aromatic nitrogens is 1. The van der Waals surface area contributed by atoms with Gasteiger partial charge in [-0.2, -0.15) is 0 Å². The third-order valence-corrected chi connectivity index (χ3v) is 11.4. The summed E-state index contributed by atoms with van der Waals surface area (Å²) in [6.45, 7) is 23.5. The van der Waals surface area contributed by atoms with Gasteiger partial charge in [0.2, 0.25) is 11.8 Å². The number of thiazole rings is 1. The lowest BCUT2D eigenvalue weighted by Crippen LogP contribution is -2.60. The molecule has 0 fully saturated rings. The lowest BCUT2D eigenvalue weighted by Gasteiger charge is -2.40. The third kappa shape index (κ3) is 15.5. The maximum atomic E-state index is 14.8. The molecule has 0 saturated carbocycles. The zero-order valence-electron chi connectivity index (χ0n) is 38.3. The van der Waals surface area contributed by atoms with Gasteiger partial charge in [0.25, 0.3) is 5.91 Å². The number of nitrogens with one attached hydrogen (secondary N) is 2. The predicted molar refractivity (Wildman–Crippen MR) is 233 cm³/mol. The van der Waals surface area contributed by atoms with Crippen molar-refractivity contribution in [2.75, 3.05) is 13.6 Å². The van der Waals surface area contributed by atoms with Gasteiger partial charge in [-0.3, -0.25) is 28.9 Å². The summed E-state index contributed by atoms with van der Waals surface area (Å²) < 4.78 is 11.4. The van der Waals surface area contributed by atoms with E-state index in [4.69, 9.17) is 9.47 Å². The van der Waals surface area contributed by atoms with Crippen molar-refractivity contribution in [1.29, 1.82) is 0 Å². The van der Waals surface area contributed by atoms with Gasteiger partial charge in [0, 0.05) is 44.4 Å². The van der Waals surface area contributed by atoms with Gasteiger partial charge in [-0.15, -0.1) is 11.3 Å². The van der Waals surface area contributed by atoms with Crippen molar-refractivity contribution in [3.05, 3.63) is 52.0 Å². The highest BCUT2D eigenvalue weighted by Gasteiger charge is 2.40. The summed E-state index contributed by atoms with van der Waals surface area (Å²) in [5, 5.41) is 17.8. The molecule has 1 aromatic heterocycles. The zero-order valence-corrected chi connectivity index (χ0v) is 39.1. The van der Waals surface area contributed by atoms with Crippen LogP contribution in [0.2, 0.25) is 0 Å². The molecule has 0 aliphatic heterocycles. The Labute approximate surface area is 361 Å². The monoisotopic (exact) mass is 857 g/mol. The number of carbonyl (C=O) groups excluding carboxylic acids is 5. The summed E-state index contributed by atoms with van der Waals surface area (Å²) in [6.07, 6.45) is 0.367. The van der Waals surface area contributed by atoms with Gasteiger partial charge in [-0.25, -0.2) is 9.78 Å². The number of benzene rings is 1. The van der Waals surface area contributed by atoms with Crippen LogP contribution in [-0.2, 0) is 35.1 Å². The van der Waals surface area contributed by atoms with E-state index in [1.807, 2.05) is 78.8 Å². The minimum absolute atomic E-state index is 0.0940. The Kier molecular flexibility index (Phi) is 19.7. The van der Waals surface area contributed by atoms with Crippen LogP contribution in [-0.4, -0.2) is 99.0 Å². The Morgan fingerprint density at radius 2 is 1.53 bits per heavy atom. The standard InChI is InChI=1S/C45H71N5O9S/c1-15-22-50(41(54)36(29(7)16-2)48-39(53)37(28(5)6)49(14)43(57)59-44(9,10)11)34(27(3)4)24-35(58-30(8)51)40-47-33(26-60-40)38(52)46-32(25-45(12,13)42(55)56)23-31-20-18-17-19-21-31/h17-21,26-29,32,34-37H,15-16,22-25H2,1-14H3,(H,46,52)(H,48,53)(H,55,56)/t29-,32-,34+,35+,36-,37+/m0/s1. The number of amides is 4. The number of aliphatic carboxylic acids is 1. The molecule has 14 nitrogen and oxygen atoms in total. The first-order valence-corrected chi connectivity index (χ1v) is 22.0. The van der Waals surface area contributed by atoms with E-state index < -0.39 is 71.1 Å². The second-order valence-electron chi connectivity index (χ2n) is 18.2. The zero-order chi connectivity index (χ0) is 45.7. The fraction of sp³-hybridized carbons (Fsp3) is 0.667. The summed E-state index contributed by atoms with van der Waals surface area (Å²) in [4.78, 5) is 87.9. The third-order valence-electron chi connectivity index (χ3n) is 10.5. The maximum absolute atomic E-state index is 14.8. The number of hydrogen-bond donors (Lipinski definition) is 3. The molecule has 1 aromatic carbocycles. The van der Waals surface area contributed by atoms with Gasteiger partial charge in [0.15, 0.2) is 6.10 Å². The molecule has 0 saturated heterocycles. The molecule has 60 heavy (non-hydrogen) atoms. The Hall–Kier alpha value is -4.53. The Bertz CT molecular complexity index is 1740. The van der Waals surface area contributed by atoms with Crippen molar-refractivity contribution in [2.24, 2.45) is 23.2 Å². The molecule has 0 aliphatic carbocycles. The number of rotatable bonds is 22. The number of carbonyl (C=O) groups is 6. The molecule has 336 valence electrons. The van der Waals surface area contributed by atoms with E-state index in [1.54, 1.807) is 44.9 Å². The minimum atomic E-state index is -1.11. The van der Waals surface area contributed by atoms with Gasteiger partial charge in [0.1, 0.15) is 28.4 Å². The van der Waals surface area contributed by atoms with Crippen molar-refractivity contribution < 1.29 is 43.3 Å². The van der Waals surface area contributed by atoms with Gasteiger partial charge in [-0.05, 0) is 77.2 Å². The summed E-state index contributed by atoms with van der Waals surface area (Å²) in [7, 11) is 1.52. The number of carboxylic acid groups (broad SMARTS) is 1. The topological polar surface area (TPSA) is 185 Å². The SMILES string of the molecule is CCCN(C(=O)[C@@H](NC(=O)[C@@H](C(C)C)N(C)C(=O)OC(C)(C)C)[C@@H](C)CC)[C@H](C[C@@H](OC(C)=O)c1nc(C(=O)N[C@@H](Cc2ccccc2)CC(C)(C)C(=O)O)cs1)C(C)C. The summed E-state index contributed by atoms with van der Waals surface area (Å²) in [5.74, 6) is -3.51. The highest BCUT2D eigenvalue weighted by Crippen LogP contribution is 2.32. The largest absolute Gasteiger partial charge is 0.481 e. The second kappa shape index (κ2) is 22.9. The van der Waals surface area contributed by atoms with Crippen molar-refractivity contribution in [3.63, 3.8) is 0 Å². The van der Waals surface area contributed by atoms with E-state index in [1.165, 1.54) is 18.9 Å². The predicted octanol–water partition coefficient (Wildman–Crippen LogP) is 7.67. The fourth-order valence-electron chi connectivity index (χ4n) is 7.11. The van der Waals surface area contributed by atoms with E-state index in [2.05, 4.69) is 15.6 Å². The van der Waals surface area contributed by atoms with Gasteiger partial charge < -0.3 is 30.1 Å². The quantitative estimate of drug-likeness (QED) is 0.0994. The number of likely N-dealkylation sites (N-methyl/N-ethyl adjacent to an activating group) is 1. The molecule has 0 unspecified atom stereocenters. The molecule has 0 aliphatic rings. The van der Waals surface area contributed by atoms with Gasteiger partial charge in [0.05, 0.1) is 5.41 Å². The number of hydrogen-bond acceptors (Lipinski definition) is 10. The van der Waals surface area contributed by atoms with Crippen molar-refractivity contribution in [3.8, 4) is 0 Å². The highest BCUT2D eigenvalue weighted by molar-refractivity contribution is 7.09. The first-order valence-electron chi connectivity index (χ1n) is 21.1. The molecular formula is C45H71N5O9S. The second-order valence-corrected chi connectivity index (χ2v) is 19.0. The molecule has 1 heterocycles. The first kappa shape index (κ1) is 51.6. The van der Waals surface area contributed by atoms with E-state index >= 15 is 0 Å². The van der Waals surface area contributed by atoms with Crippen LogP contribution in [0.25, 0.3) is 0 Å². The van der Waals surface area contributed by atoms with Crippen LogP contribution in [0, 0.1) is 23.2 Å². The van der Waals surface area contributed by atoms with Crippen LogP contribution in [0.3, 0.4) is 0 Å². The lowest BCUT2D eigenvalue weighted by molar-refractivity contribution is -0.150. The average Bonchev–Trinajstić information content (AvgIpc) is 3.64. The number of carboxylic acids is 1. The lowest BCUT2D eigenvalue weighted by atomic mass is 9.84. The van der Waals surface area contributed by atoms with Crippen LogP contribution in [0.4, 0.5) is 4.79 Å². The van der Waals surface area contributed by atoms with Crippen LogP contribution in [0.1, 0.15) is 143 Å². The van der Waals surface area contributed by atoms with Gasteiger partial charge in [-0.1, -0.05) is 85.2 Å². The summed E-state index contributed by atoms with van der Waals surface area (Å²) >= 11 is 1.16. The molecule has 2 rings (SSSR count). The van der Waals surface area contributed by atoms with Crippen LogP contribution < -0.4 is 10.6 Å². The molecule has 0 spiro atoms. The van der Waals surface area contributed by atoms with Crippen LogP contribution >= 0.6 is 11.3 Å². The average molecular weight is 858 g/mol. The molecular weight excluding hydrogens is 787 g/mol. The fourth-order valence-corrected chi connectivity index (χ4v) is 7.95. The number of ether oxygens (including phenoxy) is 2. The molecule has 4 amide bonds. The van der Waals surface area contributed by atoms with Crippen LogP contribution in [0.5, 0.6) is 0 Å². The Morgan fingerprint density at radius 1 is 0.917 bits per heavy atom. The van der Waals surface area contributed by atoms with Crippen molar-refractivity contribution >= 4 is 47.1 Å².